The Hall–Kier alpha value is -3.65. The zero-order valence-electron chi connectivity index (χ0n) is 15.8. The van der Waals surface area contributed by atoms with Crippen molar-refractivity contribution in [2.75, 3.05) is 10.6 Å². The maximum absolute atomic E-state index is 12.6. The summed E-state index contributed by atoms with van der Waals surface area (Å²) in [5.41, 5.74) is 2.45. The molecule has 0 unspecified atom stereocenters. The molecule has 0 radical (unpaired) electrons. The number of anilines is 2. The molecule has 0 spiro atoms. The number of benzene rings is 2. The fourth-order valence-electron chi connectivity index (χ4n) is 3.04. The van der Waals surface area contributed by atoms with Gasteiger partial charge in [0, 0.05) is 28.1 Å². The standard InChI is InChI=1S/C22H18N4O3S/c27-20(14-5-3-6-16(10-14)24-21(28)23-15-8-9-15)26-22-25-17(12-30-22)19-11-13-4-1-2-7-18(13)29-19/h1-7,10-12,15H,8-9H2,(H2,23,24,28)(H,25,26,27). The molecule has 1 saturated carbocycles. The number of hydrogen-bond donors (Lipinski definition) is 3. The molecule has 0 atom stereocenters. The van der Waals surface area contributed by atoms with Crippen molar-refractivity contribution in [3.05, 3.63) is 65.5 Å². The van der Waals surface area contributed by atoms with E-state index >= 15 is 0 Å². The van der Waals surface area contributed by atoms with Crippen molar-refractivity contribution < 1.29 is 14.0 Å². The Balaban J connectivity index is 1.27. The molecule has 1 aliphatic rings. The number of thiazole rings is 1. The first-order valence-electron chi connectivity index (χ1n) is 9.57. The van der Waals surface area contributed by atoms with Gasteiger partial charge in [-0.15, -0.1) is 11.3 Å². The van der Waals surface area contributed by atoms with Gasteiger partial charge in [0.05, 0.1) is 0 Å². The van der Waals surface area contributed by atoms with Crippen LogP contribution in [0.15, 0.2) is 64.4 Å². The van der Waals surface area contributed by atoms with Crippen molar-refractivity contribution in [2.45, 2.75) is 18.9 Å². The highest BCUT2D eigenvalue weighted by atomic mass is 32.1. The van der Waals surface area contributed by atoms with Crippen LogP contribution in [0.4, 0.5) is 15.6 Å². The summed E-state index contributed by atoms with van der Waals surface area (Å²) in [6, 6.07) is 16.5. The highest BCUT2D eigenvalue weighted by Gasteiger charge is 2.23. The lowest BCUT2D eigenvalue weighted by Crippen LogP contribution is -2.30. The van der Waals surface area contributed by atoms with Crippen molar-refractivity contribution >= 4 is 45.1 Å². The van der Waals surface area contributed by atoms with Gasteiger partial charge in [-0.05, 0) is 43.2 Å². The first-order chi connectivity index (χ1) is 14.6. The third-order valence-corrected chi connectivity index (χ3v) is 5.46. The second-order valence-electron chi connectivity index (χ2n) is 7.09. The van der Waals surface area contributed by atoms with Gasteiger partial charge in [-0.25, -0.2) is 9.78 Å². The molecule has 1 fully saturated rings. The molecule has 2 heterocycles. The maximum atomic E-state index is 12.6. The summed E-state index contributed by atoms with van der Waals surface area (Å²) in [4.78, 5) is 29.0. The fraction of sp³-hybridized carbons (Fsp3) is 0.136. The van der Waals surface area contributed by atoms with Gasteiger partial charge in [0.15, 0.2) is 10.9 Å². The first kappa shape index (κ1) is 18.4. The number of para-hydroxylation sites is 1. The molecule has 7 nitrogen and oxygen atoms in total. The van der Waals surface area contributed by atoms with Crippen molar-refractivity contribution in [1.82, 2.24) is 10.3 Å². The topological polar surface area (TPSA) is 96.3 Å². The van der Waals surface area contributed by atoms with Crippen molar-refractivity contribution in [2.24, 2.45) is 0 Å². The lowest BCUT2D eigenvalue weighted by atomic mass is 10.2. The van der Waals surface area contributed by atoms with E-state index < -0.39 is 0 Å². The summed E-state index contributed by atoms with van der Waals surface area (Å²) >= 11 is 1.32. The number of nitrogens with zero attached hydrogens (tertiary/aromatic N) is 1. The number of furan rings is 1. The Morgan fingerprint density at radius 2 is 1.90 bits per heavy atom. The summed E-state index contributed by atoms with van der Waals surface area (Å²) in [6.07, 6.45) is 2.03. The second-order valence-corrected chi connectivity index (χ2v) is 7.95. The minimum atomic E-state index is -0.299. The number of hydrogen-bond acceptors (Lipinski definition) is 5. The Labute approximate surface area is 176 Å². The molecule has 0 saturated heterocycles. The Morgan fingerprint density at radius 1 is 1.03 bits per heavy atom. The highest BCUT2D eigenvalue weighted by Crippen LogP contribution is 2.30. The predicted molar refractivity (Wildman–Crippen MR) is 117 cm³/mol. The lowest BCUT2D eigenvalue weighted by molar-refractivity contribution is 0.102. The van der Waals surface area contributed by atoms with Crippen LogP contribution in [0.2, 0.25) is 0 Å². The number of rotatable bonds is 5. The Bertz CT molecular complexity index is 1210. The molecule has 1 aliphatic carbocycles. The minimum Gasteiger partial charge on any atom is -0.454 e. The van der Waals surface area contributed by atoms with Crippen LogP contribution in [0.5, 0.6) is 0 Å². The largest absolute Gasteiger partial charge is 0.454 e. The Morgan fingerprint density at radius 3 is 2.73 bits per heavy atom. The van der Waals surface area contributed by atoms with E-state index in [2.05, 4.69) is 20.9 Å². The molecule has 2 aromatic carbocycles. The zero-order chi connectivity index (χ0) is 20.5. The minimum absolute atomic E-state index is 0.259. The molecule has 150 valence electrons. The van der Waals surface area contributed by atoms with E-state index in [1.54, 1.807) is 24.3 Å². The smallest absolute Gasteiger partial charge is 0.319 e. The predicted octanol–water partition coefficient (Wildman–Crippen LogP) is 5.09. The van der Waals surface area contributed by atoms with Gasteiger partial charge in [0.25, 0.3) is 5.91 Å². The van der Waals surface area contributed by atoms with Crippen LogP contribution in [0.25, 0.3) is 22.4 Å². The first-order valence-corrected chi connectivity index (χ1v) is 10.5. The van der Waals surface area contributed by atoms with E-state index in [9.17, 15) is 9.59 Å². The quantitative estimate of drug-likeness (QED) is 0.420. The van der Waals surface area contributed by atoms with Crippen molar-refractivity contribution in [3.8, 4) is 11.5 Å². The molecule has 3 amide bonds. The second kappa shape index (κ2) is 7.64. The van der Waals surface area contributed by atoms with Crippen LogP contribution in [-0.2, 0) is 0 Å². The SMILES string of the molecule is O=C(Nc1cccc(C(=O)Nc2nc(-c3cc4ccccc4o3)cs2)c1)NC1CC1. The van der Waals surface area contributed by atoms with Gasteiger partial charge in [-0.2, -0.15) is 0 Å². The number of aromatic nitrogens is 1. The summed E-state index contributed by atoms with van der Waals surface area (Å²) in [7, 11) is 0. The fourth-order valence-corrected chi connectivity index (χ4v) is 3.73. The van der Waals surface area contributed by atoms with Gasteiger partial charge in [0.2, 0.25) is 0 Å². The van der Waals surface area contributed by atoms with E-state index in [0.29, 0.717) is 27.8 Å². The van der Waals surface area contributed by atoms with Crippen LogP contribution in [0, 0.1) is 0 Å². The van der Waals surface area contributed by atoms with Crippen LogP contribution in [0.1, 0.15) is 23.2 Å². The number of carbonyl (C=O) groups excluding carboxylic acids is 2. The van der Waals surface area contributed by atoms with Gasteiger partial charge in [-0.3, -0.25) is 10.1 Å². The average molecular weight is 418 g/mol. The summed E-state index contributed by atoms with van der Waals surface area (Å²) in [5, 5.41) is 11.7. The third kappa shape index (κ3) is 4.04. The van der Waals surface area contributed by atoms with E-state index in [1.807, 2.05) is 35.7 Å². The number of carbonyl (C=O) groups is 2. The Kier molecular flexibility index (Phi) is 4.68. The maximum Gasteiger partial charge on any atom is 0.319 e. The molecular formula is C22H18N4O3S. The van der Waals surface area contributed by atoms with Crippen molar-refractivity contribution in [1.29, 1.82) is 0 Å². The van der Waals surface area contributed by atoms with Crippen LogP contribution >= 0.6 is 11.3 Å². The summed E-state index contributed by atoms with van der Waals surface area (Å²) in [5.74, 6) is 0.354. The van der Waals surface area contributed by atoms with E-state index in [-0.39, 0.29) is 18.0 Å². The lowest BCUT2D eigenvalue weighted by Gasteiger charge is -2.08. The van der Waals surface area contributed by atoms with Gasteiger partial charge < -0.3 is 15.1 Å². The normalized spacial score (nSPS) is 13.2. The van der Waals surface area contributed by atoms with E-state index in [0.717, 1.165) is 23.8 Å². The third-order valence-electron chi connectivity index (χ3n) is 4.70. The van der Waals surface area contributed by atoms with E-state index in [4.69, 9.17) is 4.42 Å². The number of nitrogens with one attached hydrogen (secondary N) is 3. The van der Waals surface area contributed by atoms with Crippen LogP contribution < -0.4 is 16.0 Å². The number of fused-ring (bicyclic) bond motifs is 1. The molecule has 2 aromatic heterocycles. The molecule has 30 heavy (non-hydrogen) atoms. The molecule has 4 aromatic rings. The number of urea groups is 1. The molecule has 8 heteroatoms. The van der Waals surface area contributed by atoms with Crippen LogP contribution in [0.3, 0.4) is 0 Å². The summed E-state index contributed by atoms with van der Waals surface area (Å²) < 4.78 is 5.83. The average Bonchev–Trinajstić information content (AvgIpc) is 3.26. The van der Waals surface area contributed by atoms with Crippen LogP contribution in [-0.4, -0.2) is 23.0 Å². The molecule has 5 rings (SSSR count). The molecule has 0 aliphatic heterocycles. The van der Waals surface area contributed by atoms with Crippen molar-refractivity contribution in [3.63, 3.8) is 0 Å². The monoisotopic (exact) mass is 418 g/mol. The van der Waals surface area contributed by atoms with Gasteiger partial charge in [-0.1, -0.05) is 24.3 Å². The zero-order valence-corrected chi connectivity index (χ0v) is 16.7. The van der Waals surface area contributed by atoms with Gasteiger partial charge >= 0.3 is 6.03 Å². The molecular weight excluding hydrogens is 400 g/mol. The highest BCUT2D eigenvalue weighted by molar-refractivity contribution is 7.14. The molecule has 3 N–H and O–H groups in total. The van der Waals surface area contributed by atoms with E-state index in [1.165, 1.54) is 11.3 Å². The summed E-state index contributed by atoms with van der Waals surface area (Å²) in [6.45, 7) is 0. The number of amides is 3. The van der Waals surface area contributed by atoms with Gasteiger partial charge in [0.1, 0.15) is 11.3 Å². The molecule has 0 bridgehead atoms.